The topological polar surface area (TPSA) is 125 Å². The van der Waals surface area contributed by atoms with E-state index in [0.29, 0.717) is 25.3 Å². The second-order valence-electron chi connectivity index (χ2n) is 9.86. The van der Waals surface area contributed by atoms with Crippen LogP contribution in [0, 0.1) is 5.92 Å². The number of amides is 4. The minimum Gasteiger partial charge on any atom is -0.381 e. The van der Waals surface area contributed by atoms with Gasteiger partial charge in [0.1, 0.15) is 6.04 Å². The molecule has 0 bridgehead atoms. The van der Waals surface area contributed by atoms with Crippen LogP contribution < -0.4 is 21.3 Å². The average Bonchev–Trinajstić information content (AvgIpc) is 3.31. The van der Waals surface area contributed by atoms with Crippen molar-refractivity contribution in [1.29, 1.82) is 0 Å². The first kappa shape index (κ1) is 29.5. The number of likely N-dealkylation sites (N-methyl/N-ethyl adjacent to an activating group) is 1. The van der Waals surface area contributed by atoms with Gasteiger partial charge in [0.2, 0.25) is 11.8 Å². The number of ether oxygens (including phenoxy) is 1. The number of carbonyl (C=O) groups excluding carboxylic acids is 3. The third-order valence-electron chi connectivity index (χ3n) is 6.61. The molecule has 11 heteroatoms. The molecule has 0 saturated carbocycles. The maximum atomic E-state index is 13.5. The number of hydrogen-bond donors (Lipinski definition) is 4. The van der Waals surface area contributed by atoms with E-state index >= 15 is 0 Å². The van der Waals surface area contributed by atoms with Gasteiger partial charge >= 0.3 is 6.03 Å². The van der Waals surface area contributed by atoms with Gasteiger partial charge in [-0.2, -0.15) is 0 Å². The molecule has 2 heterocycles. The van der Waals surface area contributed by atoms with Gasteiger partial charge in [0.25, 0.3) is 0 Å². The summed E-state index contributed by atoms with van der Waals surface area (Å²) in [6.45, 7) is 7.88. The first-order valence-corrected chi connectivity index (χ1v) is 13.9. The van der Waals surface area contributed by atoms with Crippen molar-refractivity contribution in [1.82, 2.24) is 31.2 Å². The molecule has 2 aromatic rings. The SMILES string of the molecule is C=C(CN(C)C)C(=O)NC[C@@H](NC(=O)[C@H](Cc1nc2ccc(CC)cc2s1)NC(=O)NC)C1CCOCC1. The van der Waals surface area contributed by atoms with Gasteiger partial charge in [0.05, 0.1) is 15.2 Å². The lowest BCUT2D eigenvalue weighted by Crippen LogP contribution is -2.56. The number of carbonyl (C=O) groups is 3. The Balaban J connectivity index is 1.75. The lowest BCUT2D eigenvalue weighted by Gasteiger charge is -2.32. The number of aromatic nitrogens is 1. The number of benzene rings is 1. The zero-order valence-electron chi connectivity index (χ0n) is 22.8. The van der Waals surface area contributed by atoms with Crippen LogP contribution >= 0.6 is 11.3 Å². The molecule has 2 atom stereocenters. The summed E-state index contributed by atoms with van der Waals surface area (Å²) in [4.78, 5) is 44.9. The van der Waals surface area contributed by atoms with Gasteiger partial charge in [-0.3, -0.25) is 9.59 Å². The highest BCUT2D eigenvalue weighted by Gasteiger charge is 2.30. The van der Waals surface area contributed by atoms with E-state index in [9.17, 15) is 14.4 Å². The summed E-state index contributed by atoms with van der Waals surface area (Å²) in [6, 6.07) is 4.56. The average molecular weight is 545 g/mol. The second kappa shape index (κ2) is 14.2. The molecule has 38 heavy (non-hydrogen) atoms. The molecule has 1 fully saturated rings. The summed E-state index contributed by atoms with van der Waals surface area (Å²) in [5.74, 6) is -0.434. The molecule has 1 aromatic heterocycles. The Morgan fingerprint density at radius 3 is 2.61 bits per heavy atom. The van der Waals surface area contributed by atoms with Crippen molar-refractivity contribution in [3.05, 3.63) is 40.9 Å². The monoisotopic (exact) mass is 544 g/mol. The Kier molecular flexibility index (Phi) is 11.1. The van der Waals surface area contributed by atoms with Crippen LogP contribution in [-0.2, 0) is 27.2 Å². The van der Waals surface area contributed by atoms with Gasteiger partial charge in [0, 0.05) is 51.4 Å². The first-order valence-electron chi connectivity index (χ1n) is 13.1. The largest absolute Gasteiger partial charge is 0.381 e. The van der Waals surface area contributed by atoms with Gasteiger partial charge in [-0.05, 0) is 57.0 Å². The third kappa shape index (κ3) is 8.50. The number of thiazole rings is 1. The molecule has 4 amide bonds. The molecule has 1 saturated heterocycles. The molecular weight excluding hydrogens is 504 g/mol. The molecule has 4 N–H and O–H groups in total. The molecule has 1 aromatic carbocycles. The van der Waals surface area contributed by atoms with Crippen molar-refractivity contribution in [2.45, 2.75) is 44.7 Å². The minimum absolute atomic E-state index is 0.130. The van der Waals surface area contributed by atoms with E-state index in [-0.39, 0.29) is 36.7 Å². The number of nitrogens with one attached hydrogen (secondary N) is 4. The van der Waals surface area contributed by atoms with Crippen LogP contribution in [0.15, 0.2) is 30.4 Å². The van der Waals surface area contributed by atoms with Crippen molar-refractivity contribution in [3.63, 3.8) is 0 Å². The Bertz CT molecular complexity index is 1130. The highest BCUT2D eigenvalue weighted by Crippen LogP contribution is 2.25. The van der Waals surface area contributed by atoms with E-state index in [0.717, 1.165) is 34.5 Å². The highest BCUT2D eigenvalue weighted by atomic mass is 32.1. The van der Waals surface area contributed by atoms with Crippen molar-refractivity contribution in [2.24, 2.45) is 5.92 Å². The van der Waals surface area contributed by atoms with Crippen LogP contribution in [0.2, 0.25) is 0 Å². The van der Waals surface area contributed by atoms with Crippen LogP contribution in [0.4, 0.5) is 4.79 Å². The fourth-order valence-electron chi connectivity index (χ4n) is 4.46. The number of urea groups is 1. The normalized spacial score (nSPS) is 15.6. The van der Waals surface area contributed by atoms with Crippen LogP contribution in [-0.4, -0.2) is 87.3 Å². The van der Waals surface area contributed by atoms with Gasteiger partial charge in [0.15, 0.2) is 0 Å². The quantitative estimate of drug-likeness (QED) is 0.302. The zero-order valence-corrected chi connectivity index (χ0v) is 23.6. The number of aryl methyl sites for hydroxylation is 1. The highest BCUT2D eigenvalue weighted by molar-refractivity contribution is 7.18. The molecular formula is C27H40N6O4S. The third-order valence-corrected chi connectivity index (χ3v) is 7.65. The molecule has 0 spiro atoms. The molecule has 0 aliphatic carbocycles. The zero-order chi connectivity index (χ0) is 27.7. The van der Waals surface area contributed by atoms with Gasteiger partial charge in [-0.15, -0.1) is 11.3 Å². The summed E-state index contributed by atoms with van der Waals surface area (Å²) in [5, 5.41) is 12.1. The predicted octanol–water partition coefficient (Wildman–Crippen LogP) is 1.84. The number of hydrogen-bond acceptors (Lipinski definition) is 7. The van der Waals surface area contributed by atoms with Crippen LogP contribution in [0.5, 0.6) is 0 Å². The van der Waals surface area contributed by atoms with Crippen LogP contribution in [0.25, 0.3) is 10.2 Å². The summed E-state index contributed by atoms with van der Waals surface area (Å²) in [6.07, 6.45) is 2.72. The van der Waals surface area contributed by atoms with E-state index in [1.807, 2.05) is 25.1 Å². The van der Waals surface area contributed by atoms with Gasteiger partial charge in [-0.25, -0.2) is 9.78 Å². The van der Waals surface area contributed by atoms with Crippen molar-refractivity contribution < 1.29 is 19.1 Å². The molecule has 10 nitrogen and oxygen atoms in total. The fourth-order valence-corrected chi connectivity index (χ4v) is 5.53. The number of nitrogens with zero attached hydrogens (tertiary/aromatic N) is 2. The van der Waals surface area contributed by atoms with Crippen LogP contribution in [0.1, 0.15) is 30.3 Å². The van der Waals surface area contributed by atoms with E-state index in [1.54, 1.807) is 0 Å². The van der Waals surface area contributed by atoms with E-state index in [1.165, 1.54) is 23.9 Å². The number of fused-ring (bicyclic) bond motifs is 1. The molecule has 3 rings (SSSR count). The lowest BCUT2D eigenvalue weighted by molar-refractivity contribution is -0.125. The molecule has 208 valence electrons. The van der Waals surface area contributed by atoms with Crippen LogP contribution in [0.3, 0.4) is 0 Å². The van der Waals surface area contributed by atoms with E-state index in [4.69, 9.17) is 9.72 Å². The molecule has 0 unspecified atom stereocenters. The fraction of sp³-hybridized carbons (Fsp3) is 0.556. The van der Waals surface area contributed by atoms with Crippen molar-refractivity contribution in [2.75, 3.05) is 47.4 Å². The Morgan fingerprint density at radius 2 is 1.95 bits per heavy atom. The van der Waals surface area contributed by atoms with Crippen molar-refractivity contribution in [3.8, 4) is 0 Å². The van der Waals surface area contributed by atoms with Gasteiger partial charge in [-0.1, -0.05) is 19.6 Å². The molecule has 1 aliphatic rings. The smallest absolute Gasteiger partial charge is 0.315 e. The van der Waals surface area contributed by atoms with Gasteiger partial charge < -0.3 is 30.9 Å². The summed E-state index contributed by atoms with van der Waals surface area (Å²) in [7, 11) is 5.25. The Morgan fingerprint density at radius 1 is 1.21 bits per heavy atom. The lowest BCUT2D eigenvalue weighted by atomic mass is 9.91. The predicted molar refractivity (Wildman–Crippen MR) is 150 cm³/mol. The summed E-state index contributed by atoms with van der Waals surface area (Å²) in [5.41, 5.74) is 2.55. The van der Waals surface area contributed by atoms with E-state index in [2.05, 4.69) is 46.9 Å². The van der Waals surface area contributed by atoms with E-state index < -0.39 is 12.1 Å². The first-order chi connectivity index (χ1) is 18.2. The Hall–Kier alpha value is -3.02. The molecule has 0 radical (unpaired) electrons. The minimum atomic E-state index is -0.831. The second-order valence-corrected chi connectivity index (χ2v) is 11.0. The Labute approximate surface area is 228 Å². The summed E-state index contributed by atoms with van der Waals surface area (Å²) >= 11 is 1.53. The standard InChI is InChI=1S/C27H40N6O4S/c1-6-18-7-8-20-23(13-18)38-24(30-20)14-21(32-27(36)28-3)26(35)31-22(19-9-11-37-12-10-19)15-29-25(34)17(2)16-33(4)5/h7-8,13,19,21-22H,2,6,9-12,14-16H2,1,3-5H3,(H,29,34)(H,31,35)(H2,28,32,36)/t21-,22+/m0/s1. The maximum absolute atomic E-state index is 13.5. The van der Waals surface area contributed by atoms with Crippen molar-refractivity contribution >= 4 is 39.4 Å². The molecule has 1 aliphatic heterocycles. The number of rotatable bonds is 12. The summed E-state index contributed by atoms with van der Waals surface area (Å²) < 4.78 is 6.56. The maximum Gasteiger partial charge on any atom is 0.315 e.